The summed E-state index contributed by atoms with van der Waals surface area (Å²) in [6, 6.07) is -0.121. The summed E-state index contributed by atoms with van der Waals surface area (Å²) in [5, 5.41) is 4.28. The molecule has 3 rings (SSSR count). The lowest BCUT2D eigenvalue weighted by Crippen LogP contribution is -2.47. The number of sulfone groups is 1. The standard InChI is InChI=1S/C14H21N3O4S/c1-10-8-21-5-4-16(10)14(18)13-7-15-17(11(13)2)12-3-6-22(19,20)9-12/h7,10,12H,3-6,8-9H2,1-2H3/t10-,12+/m1/s1. The van der Waals surface area contributed by atoms with Crippen LogP contribution in [0.3, 0.4) is 0 Å². The fraction of sp³-hybridized carbons (Fsp3) is 0.714. The minimum atomic E-state index is -2.97. The molecular weight excluding hydrogens is 306 g/mol. The maximum absolute atomic E-state index is 12.7. The molecule has 0 N–H and O–H groups in total. The Kier molecular flexibility index (Phi) is 3.98. The Hall–Kier alpha value is -1.41. The second kappa shape index (κ2) is 5.66. The molecule has 0 aromatic carbocycles. The average Bonchev–Trinajstić information content (AvgIpc) is 3.01. The lowest BCUT2D eigenvalue weighted by Gasteiger charge is -2.33. The van der Waals surface area contributed by atoms with Crippen LogP contribution >= 0.6 is 0 Å². The number of aromatic nitrogens is 2. The van der Waals surface area contributed by atoms with Crippen LogP contribution in [0.4, 0.5) is 0 Å². The molecule has 0 radical (unpaired) electrons. The number of hydrogen-bond donors (Lipinski definition) is 0. The quantitative estimate of drug-likeness (QED) is 0.786. The van der Waals surface area contributed by atoms with Gasteiger partial charge in [0.15, 0.2) is 9.84 Å². The molecule has 0 unspecified atom stereocenters. The average molecular weight is 327 g/mol. The van der Waals surface area contributed by atoms with Gasteiger partial charge in [-0.2, -0.15) is 5.10 Å². The summed E-state index contributed by atoms with van der Waals surface area (Å²) in [6.45, 7) is 5.45. The second-order valence-corrected chi connectivity index (χ2v) is 8.30. The van der Waals surface area contributed by atoms with E-state index in [1.807, 2.05) is 13.8 Å². The Balaban J connectivity index is 1.83. The van der Waals surface area contributed by atoms with Crippen LogP contribution in [-0.4, -0.2) is 66.3 Å². The third-order valence-electron chi connectivity index (χ3n) is 4.46. The van der Waals surface area contributed by atoms with E-state index < -0.39 is 9.84 Å². The van der Waals surface area contributed by atoms with E-state index >= 15 is 0 Å². The normalized spacial score (nSPS) is 28.0. The Morgan fingerprint density at radius 3 is 2.86 bits per heavy atom. The van der Waals surface area contributed by atoms with E-state index in [1.165, 1.54) is 0 Å². The van der Waals surface area contributed by atoms with Crippen molar-refractivity contribution >= 4 is 15.7 Å². The molecule has 1 aromatic rings. The Labute approximate surface area is 130 Å². The van der Waals surface area contributed by atoms with E-state index in [4.69, 9.17) is 4.74 Å². The van der Waals surface area contributed by atoms with Gasteiger partial charge >= 0.3 is 0 Å². The molecule has 0 bridgehead atoms. The number of ether oxygens (including phenoxy) is 1. The molecule has 0 aliphatic carbocycles. The topological polar surface area (TPSA) is 81.5 Å². The second-order valence-electron chi connectivity index (χ2n) is 6.07. The molecule has 122 valence electrons. The van der Waals surface area contributed by atoms with Crippen LogP contribution in [0.2, 0.25) is 0 Å². The van der Waals surface area contributed by atoms with Crippen LogP contribution in [0.15, 0.2) is 6.20 Å². The molecule has 0 spiro atoms. The number of rotatable bonds is 2. The monoisotopic (exact) mass is 327 g/mol. The molecule has 1 aromatic heterocycles. The highest BCUT2D eigenvalue weighted by Crippen LogP contribution is 2.26. The van der Waals surface area contributed by atoms with Crippen LogP contribution in [-0.2, 0) is 14.6 Å². The van der Waals surface area contributed by atoms with Gasteiger partial charge in [-0.05, 0) is 20.3 Å². The molecule has 2 aliphatic rings. The predicted octanol–water partition coefficient (Wildman–Crippen LogP) is 0.412. The largest absolute Gasteiger partial charge is 0.377 e. The van der Waals surface area contributed by atoms with Crippen molar-refractivity contribution < 1.29 is 17.9 Å². The van der Waals surface area contributed by atoms with E-state index in [0.29, 0.717) is 31.7 Å². The number of nitrogens with zero attached hydrogens (tertiary/aromatic N) is 3. The fourth-order valence-electron chi connectivity index (χ4n) is 3.15. The highest BCUT2D eigenvalue weighted by molar-refractivity contribution is 7.91. The molecule has 1 amide bonds. The van der Waals surface area contributed by atoms with Crippen molar-refractivity contribution in [3.63, 3.8) is 0 Å². The van der Waals surface area contributed by atoms with Crippen molar-refractivity contribution in [2.75, 3.05) is 31.3 Å². The van der Waals surface area contributed by atoms with E-state index in [9.17, 15) is 13.2 Å². The van der Waals surface area contributed by atoms with E-state index in [2.05, 4.69) is 5.10 Å². The SMILES string of the molecule is Cc1c(C(=O)N2CCOC[C@H]2C)cnn1[C@H]1CCS(=O)(=O)C1. The summed E-state index contributed by atoms with van der Waals surface area (Å²) < 4.78 is 30.3. The molecule has 8 heteroatoms. The molecule has 7 nitrogen and oxygen atoms in total. The van der Waals surface area contributed by atoms with Crippen molar-refractivity contribution in [3.8, 4) is 0 Å². The summed E-state index contributed by atoms with van der Waals surface area (Å²) in [5.74, 6) is 0.248. The van der Waals surface area contributed by atoms with Crippen LogP contribution in [0.5, 0.6) is 0 Å². The van der Waals surface area contributed by atoms with Gasteiger partial charge in [-0.1, -0.05) is 0 Å². The van der Waals surface area contributed by atoms with Crippen molar-refractivity contribution in [2.24, 2.45) is 0 Å². The third-order valence-corrected chi connectivity index (χ3v) is 6.21. The summed E-state index contributed by atoms with van der Waals surface area (Å²) in [6.07, 6.45) is 2.12. The van der Waals surface area contributed by atoms with Gasteiger partial charge in [0.1, 0.15) is 0 Å². The van der Waals surface area contributed by atoms with E-state index in [-0.39, 0.29) is 29.5 Å². The van der Waals surface area contributed by atoms with E-state index in [0.717, 1.165) is 5.69 Å². The van der Waals surface area contributed by atoms with Crippen LogP contribution in [0, 0.1) is 6.92 Å². The number of hydrogen-bond acceptors (Lipinski definition) is 5. The first kappa shape index (κ1) is 15.5. The van der Waals surface area contributed by atoms with Gasteiger partial charge in [-0.25, -0.2) is 8.42 Å². The van der Waals surface area contributed by atoms with Gasteiger partial charge in [-0.15, -0.1) is 0 Å². The van der Waals surface area contributed by atoms with Gasteiger partial charge in [0.25, 0.3) is 5.91 Å². The zero-order chi connectivity index (χ0) is 15.9. The molecule has 2 fully saturated rings. The van der Waals surface area contributed by atoms with Crippen molar-refractivity contribution in [2.45, 2.75) is 32.4 Å². The highest BCUT2D eigenvalue weighted by Gasteiger charge is 2.33. The summed E-state index contributed by atoms with van der Waals surface area (Å²) in [4.78, 5) is 14.5. The van der Waals surface area contributed by atoms with Crippen molar-refractivity contribution in [3.05, 3.63) is 17.5 Å². The molecule has 0 saturated carbocycles. The van der Waals surface area contributed by atoms with E-state index in [1.54, 1.807) is 15.8 Å². The maximum atomic E-state index is 12.7. The molecule has 2 saturated heterocycles. The summed E-state index contributed by atoms with van der Waals surface area (Å²) >= 11 is 0. The zero-order valence-electron chi connectivity index (χ0n) is 12.9. The van der Waals surface area contributed by atoms with Crippen LogP contribution < -0.4 is 0 Å². The van der Waals surface area contributed by atoms with Crippen molar-refractivity contribution in [1.82, 2.24) is 14.7 Å². The minimum absolute atomic E-state index is 0.0378. The Morgan fingerprint density at radius 1 is 1.45 bits per heavy atom. The minimum Gasteiger partial charge on any atom is -0.377 e. The first-order chi connectivity index (χ1) is 10.4. The zero-order valence-corrected chi connectivity index (χ0v) is 13.7. The number of carbonyl (C=O) groups is 1. The Bertz CT molecular complexity index is 682. The highest BCUT2D eigenvalue weighted by atomic mass is 32.2. The predicted molar refractivity (Wildman–Crippen MR) is 80.6 cm³/mol. The smallest absolute Gasteiger partial charge is 0.257 e. The van der Waals surface area contributed by atoms with Gasteiger partial charge in [0.2, 0.25) is 0 Å². The number of morpholine rings is 1. The number of carbonyl (C=O) groups excluding carboxylic acids is 1. The van der Waals surface area contributed by atoms with Gasteiger partial charge in [0.05, 0.1) is 48.6 Å². The lowest BCUT2D eigenvalue weighted by atomic mass is 10.1. The third kappa shape index (κ3) is 2.77. The van der Waals surface area contributed by atoms with Gasteiger partial charge < -0.3 is 9.64 Å². The number of amides is 1. The first-order valence-electron chi connectivity index (χ1n) is 7.52. The van der Waals surface area contributed by atoms with Gasteiger partial charge in [-0.3, -0.25) is 9.48 Å². The first-order valence-corrected chi connectivity index (χ1v) is 9.34. The molecule has 2 atom stereocenters. The molecule has 22 heavy (non-hydrogen) atoms. The van der Waals surface area contributed by atoms with Crippen molar-refractivity contribution in [1.29, 1.82) is 0 Å². The Morgan fingerprint density at radius 2 is 2.23 bits per heavy atom. The molecular formula is C14H21N3O4S. The van der Waals surface area contributed by atoms with Crippen LogP contribution in [0.1, 0.15) is 35.4 Å². The van der Waals surface area contributed by atoms with Gasteiger partial charge in [0, 0.05) is 12.2 Å². The summed E-state index contributed by atoms with van der Waals surface area (Å²) in [5.41, 5.74) is 1.30. The maximum Gasteiger partial charge on any atom is 0.257 e. The summed E-state index contributed by atoms with van der Waals surface area (Å²) in [7, 11) is -2.97. The molecule has 2 aliphatic heterocycles. The molecule has 3 heterocycles. The van der Waals surface area contributed by atoms with Crippen LogP contribution in [0.25, 0.3) is 0 Å². The lowest BCUT2D eigenvalue weighted by molar-refractivity contribution is 0.00354. The fourth-order valence-corrected chi connectivity index (χ4v) is 4.85.